The Bertz CT molecular complexity index is 439. The van der Waals surface area contributed by atoms with E-state index in [0.717, 1.165) is 25.9 Å². The fourth-order valence-corrected chi connectivity index (χ4v) is 2.42. The Labute approximate surface area is 113 Å². The molecule has 1 fully saturated rings. The van der Waals surface area contributed by atoms with Gasteiger partial charge in [0.1, 0.15) is 6.17 Å². The molecule has 1 saturated heterocycles. The highest BCUT2D eigenvalue weighted by Gasteiger charge is 2.26. The summed E-state index contributed by atoms with van der Waals surface area (Å²) in [5.41, 5.74) is 0.589. The van der Waals surface area contributed by atoms with E-state index < -0.39 is 6.17 Å². The maximum absolute atomic E-state index is 12.1. The Balaban J connectivity index is 2.04. The lowest BCUT2D eigenvalue weighted by Gasteiger charge is -2.33. The third-order valence-electron chi connectivity index (χ3n) is 3.44. The summed E-state index contributed by atoms with van der Waals surface area (Å²) in [6, 6.07) is 9.01. The lowest BCUT2D eigenvalue weighted by Crippen LogP contribution is -2.53. The van der Waals surface area contributed by atoms with Crippen molar-refractivity contribution in [2.75, 3.05) is 13.1 Å². The molecule has 102 valence electrons. The minimum Gasteiger partial charge on any atom is -0.330 e. The third kappa shape index (κ3) is 3.64. The lowest BCUT2D eigenvalue weighted by molar-refractivity contribution is -0.123. The highest BCUT2D eigenvalue weighted by molar-refractivity contribution is 5.97. The first-order chi connectivity index (χ1) is 9.18. The van der Waals surface area contributed by atoms with Crippen LogP contribution >= 0.6 is 0 Å². The molecule has 1 aliphatic heterocycles. The smallest absolute Gasteiger partial charge is 0.252 e. The molecule has 1 heterocycles. The van der Waals surface area contributed by atoms with Gasteiger partial charge in [-0.15, -0.1) is 0 Å². The average Bonchev–Trinajstić information content (AvgIpc) is 2.46. The monoisotopic (exact) mass is 260 g/mol. The van der Waals surface area contributed by atoms with Crippen LogP contribution in [-0.4, -0.2) is 35.8 Å². The normalized spacial score (nSPS) is 17.7. The van der Waals surface area contributed by atoms with Crippen LogP contribution in [0, 0.1) is 0 Å². The summed E-state index contributed by atoms with van der Waals surface area (Å²) < 4.78 is 0. The minimum atomic E-state index is -0.493. The molecule has 0 spiro atoms. The summed E-state index contributed by atoms with van der Waals surface area (Å²) in [4.78, 5) is 25.9. The van der Waals surface area contributed by atoms with Gasteiger partial charge in [-0.2, -0.15) is 0 Å². The van der Waals surface area contributed by atoms with Gasteiger partial charge in [0.25, 0.3) is 5.91 Å². The molecule has 2 rings (SSSR count). The first-order valence-corrected chi connectivity index (χ1v) is 6.79. The SMILES string of the molecule is CC(=O)C(NC(=O)c1ccccc1)N1CCCCC1. The van der Waals surface area contributed by atoms with Crippen molar-refractivity contribution in [1.82, 2.24) is 10.2 Å². The van der Waals surface area contributed by atoms with Crippen LogP contribution in [0.5, 0.6) is 0 Å². The molecule has 0 radical (unpaired) electrons. The molecular weight excluding hydrogens is 240 g/mol. The van der Waals surface area contributed by atoms with Crippen LogP contribution in [0.3, 0.4) is 0 Å². The van der Waals surface area contributed by atoms with Gasteiger partial charge in [-0.05, 0) is 31.9 Å². The Morgan fingerprint density at radius 3 is 2.32 bits per heavy atom. The quantitative estimate of drug-likeness (QED) is 0.898. The molecule has 1 unspecified atom stereocenters. The summed E-state index contributed by atoms with van der Waals surface area (Å²) >= 11 is 0. The highest BCUT2D eigenvalue weighted by atomic mass is 16.2. The summed E-state index contributed by atoms with van der Waals surface area (Å²) in [7, 11) is 0. The molecule has 0 aromatic heterocycles. The van der Waals surface area contributed by atoms with Gasteiger partial charge < -0.3 is 5.32 Å². The number of carbonyl (C=O) groups excluding carboxylic acids is 2. The van der Waals surface area contributed by atoms with Crippen LogP contribution in [-0.2, 0) is 4.79 Å². The zero-order valence-electron chi connectivity index (χ0n) is 11.3. The fraction of sp³-hybridized carbons (Fsp3) is 0.467. The van der Waals surface area contributed by atoms with Crippen LogP contribution in [0.15, 0.2) is 30.3 Å². The second kappa shape index (κ2) is 6.48. The van der Waals surface area contributed by atoms with Gasteiger partial charge in [0, 0.05) is 18.7 Å². The molecule has 4 nitrogen and oxygen atoms in total. The van der Waals surface area contributed by atoms with E-state index in [9.17, 15) is 9.59 Å². The summed E-state index contributed by atoms with van der Waals surface area (Å²) in [5.74, 6) is -0.197. The van der Waals surface area contributed by atoms with Crippen molar-refractivity contribution in [2.24, 2.45) is 0 Å². The van der Waals surface area contributed by atoms with Crippen molar-refractivity contribution in [3.8, 4) is 0 Å². The third-order valence-corrected chi connectivity index (χ3v) is 3.44. The van der Waals surface area contributed by atoms with E-state index in [-0.39, 0.29) is 11.7 Å². The first kappa shape index (κ1) is 13.7. The Hall–Kier alpha value is -1.68. The predicted octanol–water partition coefficient (Wildman–Crippen LogP) is 1.82. The van der Waals surface area contributed by atoms with E-state index in [1.807, 2.05) is 18.2 Å². The molecule has 0 aliphatic carbocycles. The number of ketones is 1. The van der Waals surface area contributed by atoms with Crippen molar-refractivity contribution in [3.05, 3.63) is 35.9 Å². The van der Waals surface area contributed by atoms with Gasteiger partial charge in [-0.25, -0.2) is 0 Å². The number of likely N-dealkylation sites (tertiary alicyclic amines) is 1. The number of Topliss-reactive ketones (excluding diaryl/α,β-unsaturated/α-hetero) is 1. The van der Waals surface area contributed by atoms with Crippen molar-refractivity contribution in [2.45, 2.75) is 32.4 Å². The highest BCUT2D eigenvalue weighted by Crippen LogP contribution is 2.12. The molecule has 1 amide bonds. The largest absolute Gasteiger partial charge is 0.330 e. The molecule has 4 heteroatoms. The number of nitrogens with one attached hydrogen (secondary N) is 1. The van der Waals surface area contributed by atoms with Crippen molar-refractivity contribution < 1.29 is 9.59 Å². The van der Waals surface area contributed by atoms with E-state index in [1.54, 1.807) is 12.1 Å². The second-order valence-corrected chi connectivity index (χ2v) is 4.95. The molecule has 1 aromatic rings. The number of amides is 1. The van der Waals surface area contributed by atoms with Crippen molar-refractivity contribution in [3.63, 3.8) is 0 Å². The Morgan fingerprint density at radius 1 is 1.11 bits per heavy atom. The van der Waals surface area contributed by atoms with Gasteiger partial charge in [0.15, 0.2) is 5.78 Å². The predicted molar refractivity (Wildman–Crippen MR) is 73.8 cm³/mol. The number of piperidine rings is 1. The summed E-state index contributed by atoms with van der Waals surface area (Å²) in [6.07, 6.45) is 2.89. The second-order valence-electron chi connectivity index (χ2n) is 4.95. The van der Waals surface area contributed by atoms with Gasteiger partial charge in [-0.3, -0.25) is 14.5 Å². The zero-order chi connectivity index (χ0) is 13.7. The maximum atomic E-state index is 12.1. The van der Waals surface area contributed by atoms with Crippen molar-refractivity contribution >= 4 is 11.7 Å². The van der Waals surface area contributed by atoms with Crippen LogP contribution in [0.25, 0.3) is 0 Å². The van der Waals surface area contributed by atoms with Crippen LogP contribution in [0.4, 0.5) is 0 Å². The standard InChI is InChI=1S/C15H20N2O2/c1-12(18)14(17-10-6-3-7-11-17)16-15(19)13-8-4-2-5-9-13/h2,4-5,8-9,14H,3,6-7,10-11H2,1H3,(H,16,19). The minimum absolute atomic E-state index is 0.00817. The molecule has 1 aliphatic rings. The summed E-state index contributed by atoms with van der Waals surface area (Å²) in [5, 5.41) is 2.84. The van der Waals surface area contributed by atoms with E-state index in [0.29, 0.717) is 5.56 Å². The Morgan fingerprint density at radius 2 is 1.74 bits per heavy atom. The molecule has 1 atom stereocenters. The summed E-state index contributed by atoms with van der Waals surface area (Å²) in [6.45, 7) is 3.28. The lowest BCUT2D eigenvalue weighted by atomic mass is 10.1. The fourth-order valence-electron chi connectivity index (χ4n) is 2.42. The van der Waals surface area contributed by atoms with Gasteiger partial charge in [0.05, 0.1) is 0 Å². The average molecular weight is 260 g/mol. The maximum Gasteiger partial charge on any atom is 0.252 e. The number of nitrogens with zero attached hydrogens (tertiary/aromatic N) is 1. The van der Waals surface area contributed by atoms with Gasteiger partial charge in [0.2, 0.25) is 0 Å². The number of carbonyl (C=O) groups is 2. The Kier molecular flexibility index (Phi) is 4.68. The van der Waals surface area contributed by atoms with E-state index in [2.05, 4.69) is 10.2 Å². The van der Waals surface area contributed by atoms with Crippen LogP contribution in [0.1, 0.15) is 36.5 Å². The molecule has 1 aromatic carbocycles. The number of hydrogen-bond donors (Lipinski definition) is 1. The van der Waals surface area contributed by atoms with Crippen LogP contribution < -0.4 is 5.32 Å². The topological polar surface area (TPSA) is 49.4 Å². The first-order valence-electron chi connectivity index (χ1n) is 6.79. The molecule has 19 heavy (non-hydrogen) atoms. The molecular formula is C15H20N2O2. The van der Waals surface area contributed by atoms with Crippen molar-refractivity contribution in [1.29, 1.82) is 0 Å². The number of benzene rings is 1. The van der Waals surface area contributed by atoms with Crippen LogP contribution in [0.2, 0.25) is 0 Å². The van der Waals surface area contributed by atoms with Gasteiger partial charge in [-0.1, -0.05) is 24.6 Å². The van der Waals surface area contributed by atoms with E-state index >= 15 is 0 Å². The van der Waals surface area contributed by atoms with E-state index in [1.165, 1.54) is 13.3 Å². The molecule has 0 bridgehead atoms. The number of rotatable bonds is 4. The molecule has 0 saturated carbocycles. The molecule has 1 N–H and O–H groups in total. The number of hydrogen-bond acceptors (Lipinski definition) is 3. The van der Waals surface area contributed by atoms with E-state index in [4.69, 9.17) is 0 Å². The van der Waals surface area contributed by atoms with Gasteiger partial charge >= 0.3 is 0 Å². The zero-order valence-corrected chi connectivity index (χ0v) is 11.3.